The van der Waals surface area contributed by atoms with Gasteiger partial charge in [-0.3, -0.25) is 14.4 Å². The second-order valence-corrected chi connectivity index (χ2v) is 19.6. The predicted octanol–water partition coefficient (Wildman–Crippen LogP) is 18.8. The van der Waals surface area contributed by atoms with Gasteiger partial charge in [0.25, 0.3) is 0 Å². The van der Waals surface area contributed by atoms with Gasteiger partial charge in [0.1, 0.15) is 13.2 Å². The summed E-state index contributed by atoms with van der Waals surface area (Å²) in [5.41, 5.74) is 0. The molecule has 0 aliphatic rings. The van der Waals surface area contributed by atoms with E-state index in [1.165, 1.54) is 231 Å². The highest BCUT2D eigenvalue weighted by molar-refractivity contribution is 5.71. The minimum Gasteiger partial charge on any atom is -0.462 e. The minimum absolute atomic E-state index is 0.0611. The fraction of sp³-hybridized carbons (Fsp3) is 0.947. The summed E-state index contributed by atoms with van der Waals surface area (Å²) in [5.74, 6) is -0.833. The average molecular weight is 892 g/mol. The molecule has 0 aliphatic heterocycles. The van der Waals surface area contributed by atoms with Crippen molar-refractivity contribution < 1.29 is 28.6 Å². The molecular formula is C57H110O6. The van der Waals surface area contributed by atoms with Gasteiger partial charge >= 0.3 is 17.9 Å². The van der Waals surface area contributed by atoms with Crippen LogP contribution in [0.4, 0.5) is 0 Å². The fourth-order valence-electron chi connectivity index (χ4n) is 8.80. The lowest BCUT2D eigenvalue weighted by molar-refractivity contribution is -0.167. The van der Waals surface area contributed by atoms with Gasteiger partial charge in [-0.15, -0.1) is 0 Å². The van der Waals surface area contributed by atoms with E-state index in [0.29, 0.717) is 19.3 Å². The van der Waals surface area contributed by atoms with Crippen LogP contribution in [0.25, 0.3) is 0 Å². The molecule has 0 saturated carbocycles. The van der Waals surface area contributed by atoms with Gasteiger partial charge in [0.05, 0.1) is 0 Å². The van der Waals surface area contributed by atoms with E-state index in [-0.39, 0.29) is 31.1 Å². The van der Waals surface area contributed by atoms with Gasteiger partial charge in [-0.1, -0.05) is 290 Å². The molecule has 0 aliphatic carbocycles. The lowest BCUT2D eigenvalue weighted by atomic mass is 10.0. The highest BCUT2D eigenvalue weighted by Gasteiger charge is 2.19. The Balaban J connectivity index is 4.28. The molecule has 1 atom stereocenters. The van der Waals surface area contributed by atoms with Crippen molar-refractivity contribution in [3.05, 3.63) is 0 Å². The van der Waals surface area contributed by atoms with Crippen LogP contribution in [0.5, 0.6) is 0 Å². The van der Waals surface area contributed by atoms with Crippen molar-refractivity contribution in [3.63, 3.8) is 0 Å². The van der Waals surface area contributed by atoms with E-state index in [1.54, 1.807) is 0 Å². The van der Waals surface area contributed by atoms with Crippen molar-refractivity contribution >= 4 is 17.9 Å². The highest BCUT2D eigenvalue weighted by Crippen LogP contribution is 2.17. The van der Waals surface area contributed by atoms with E-state index in [1.807, 2.05) is 0 Å². The molecule has 374 valence electrons. The van der Waals surface area contributed by atoms with Gasteiger partial charge in [0, 0.05) is 19.3 Å². The van der Waals surface area contributed by atoms with Gasteiger partial charge in [-0.05, 0) is 19.3 Å². The first-order chi connectivity index (χ1) is 31.0. The zero-order chi connectivity index (χ0) is 45.8. The van der Waals surface area contributed by atoms with Gasteiger partial charge < -0.3 is 14.2 Å². The van der Waals surface area contributed by atoms with Gasteiger partial charge in [-0.25, -0.2) is 0 Å². The molecule has 0 saturated heterocycles. The Morgan fingerprint density at radius 2 is 0.429 bits per heavy atom. The lowest BCUT2D eigenvalue weighted by Gasteiger charge is -2.18. The zero-order valence-corrected chi connectivity index (χ0v) is 42.9. The number of hydrogen-bond acceptors (Lipinski definition) is 6. The van der Waals surface area contributed by atoms with Crippen LogP contribution in [0.2, 0.25) is 0 Å². The number of carbonyl (C=O) groups excluding carboxylic acids is 3. The number of rotatable bonds is 53. The van der Waals surface area contributed by atoms with E-state index in [9.17, 15) is 14.4 Å². The van der Waals surface area contributed by atoms with Crippen LogP contribution in [0.15, 0.2) is 0 Å². The maximum Gasteiger partial charge on any atom is 0.306 e. The summed E-state index contributed by atoms with van der Waals surface area (Å²) in [7, 11) is 0. The van der Waals surface area contributed by atoms with Crippen molar-refractivity contribution in [1.29, 1.82) is 0 Å². The molecule has 0 unspecified atom stereocenters. The quantitative estimate of drug-likeness (QED) is 0.0344. The van der Waals surface area contributed by atoms with Crippen LogP contribution >= 0.6 is 0 Å². The molecule has 0 radical (unpaired) electrons. The SMILES string of the molecule is CCCCCCCCCCCCCCCCCCCC(=O)OC[C@H](COC(=O)CCCCCCCCCCCCCCC)OC(=O)CCCCCCCCCCCCCCCCC. The molecule has 0 heterocycles. The van der Waals surface area contributed by atoms with Gasteiger partial charge in [-0.2, -0.15) is 0 Å². The molecule has 0 aromatic rings. The summed E-state index contributed by atoms with van der Waals surface area (Å²) >= 11 is 0. The van der Waals surface area contributed by atoms with E-state index >= 15 is 0 Å². The maximum absolute atomic E-state index is 12.8. The zero-order valence-electron chi connectivity index (χ0n) is 42.9. The third-order valence-electron chi connectivity index (χ3n) is 13.1. The Bertz CT molecular complexity index is 936. The van der Waals surface area contributed by atoms with Crippen LogP contribution in [0.1, 0.15) is 329 Å². The molecule has 0 fully saturated rings. The molecule has 0 amide bonds. The van der Waals surface area contributed by atoms with Gasteiger partial charge in [0.15, 0.2) is 6.10 Å². The first-order valence-corrected chi connectivity index (χ1v) is 28.5. The van der Waals surface area contributed by atoms with Crippen molar-refractivity contribution in [3.8, 4) is 0 Å². The van der Waals surface area contributed by atoms with Crippen LogP contribution in [0.3, 0.4) is 0 Å². The first kappa shape index (κ1) is 61.4. The molecule has 0 aromatic heterocycles. The average Bonchev–Trinajstić information content (AvgIpc) is 3.28. The van der Waals surface area contributed by atoms with Crippen molar-refractivity contribution in [1.82, 2.24) is 0 Å². The summed E-state index contributed by atoms with van der Waals surface area (Å²) in [6, 6.07) is 0. The predicted molar refractivity (Wildman–Crippen MR) is 270 cm³/mol. The molecular weight excluding hydrogens is 781 g/mol. The van der Waals surface area contributed by atoms with E-state index in [0.717, 1.165) is 57.8 Å². The number of carbonyl (C=O) groups is 3. The summed E-state index contributed by atoms with van der Waals surface area (Å²) in [4.78, 5) is 38.1. The molecule has 0 rings (SSSR count). The molecule has 63 heavy (non-hydrogen) atoms. The standard InChI is InChI=1S/C57H110O6/c1-4-7-10-13-16-19-22-25-27-28-30-32-35-38-41-44-47-50-56(59)62-53-54(52-61-55(58)49-46-43-40-37-34-31-24-21-18-15-12-9-6-3)63-57(60)51-48-45-42-39-36-33-29-26-23-20-17-14-11-8-5-2/h54H,4-53H2,1-3H3/t54-/m0/s1. The lowest BCUT2D eigenvalue weighted by Crippen LogP contribution is -2.30. The molecule has 0 spiro atoms. The molecule has 6 heteroatoms. The monoisotopic (exact) mass is 891 g/mol. The van der Waals surface area contributed by atoms with Crippen molar-refractivity contribution in [2.75, 3.05) is 13.2 Å². The maximum atomic E-state index is 12.8. The number of ether oxygens (including phenoxy) is 3. The topological polar surface area (TPSA) is 78.9 Å². The van der Waals surface area contributed by atoms with E-state index in [2.05, 4.69) is 20.8 Å². The Labute approximate surface area is 393 Å². The number of hydrogen-bond donors (Lipinski definition) is 0. The third-order valence-corrected chi connectivity index (χ3v) is 13.1. The largest absolute Gasteiger partial charge is 0.462 e. The van der Waals surface area contributed by atoms with Crippen LogP contribution in [0, 0.1) is 0 Å². The summed E-state index contributed by atoms with van der Waals surface area (Å²) < 4.78 is 16.9. The first-order valence-electron chi connectivity index (χ1n) is 28.5. The van der Waals surface area contributed by atoms with Gasteiger partial charge in [0.2, 0.25) is 0 Å². The molecule has 0 bridgehead atoms. The second kappa shape index (κ2) is 53.0. The second-order valence-electron chi connectivity index (χ2n) is 19.6. The normalized spacial score (nSPS) is 11.9. The molecule has 0 N–H and O–H groups in total. The minimum atomic E-state index is -0.760. The Kier molecular flexibility index (Phi) is 51.7. The van der Waals surface area contributed by atoms with Crippen LogP contribution in [-0.2, 0) is 28.6 Å². The van der Waals surface area contributed by atoms with E-state index in [4.69, 9.17) is 14.2 Å². The number of esters is 3. The smallest absolute Gasteiger partial charge is 0.306 e. The Morgan fingerprint density at radius 1 is 0.254 bits per heavy atom. The van der Waals surface area contributed by atoms with E-state index < -0.39 is 6.10 Å². The van der Waals surface area contributed by atoms with Crippen molar-refractivity contribution in [2.45, 2.75) is 335 Å². The molecule has 0 aromatic carbocycles. The van der Waals surface area contributed by atoms with Crippen molar-refractivity contribution in [2.24, 2.45) is 0 Å². The summed E-state index contributed by atoms with van der Waals surface area (Å²) in [6.45, 7) is 6.70. The highest BCUT2D eigenvalue weighted by atomic mass is 16.6. The summed E-state index contributed by atoms with van der Waals surface area (Å²) in [5, 5.41) is 0. The van der Waals surface area contributed by atoms with Crippen LogP contribution in [-0.4, -0.2) is 37.2 Å². The Morgan fingerprint density at radius 3 is 0.635 bits per heavy atom. The Hall–Kier alpha value is -1.59. The molecule has 6 nitrogen and oxygen atoms in total. The van der Waals surface area contributed by atoms with Crippen LogP contribution < -0.4 is 0 Å². The number of unbranched alkanes of at least 4 members (excludes halogenated alkanes) is 42. The fourth-order valence-corrected chi connectivity index (χ4v) is 8.80. The summed E-state index contributed by atoms with van der Waals surface area (Å²) in [6.07, 6.45) is 58.0. The third kappa shape index (κ3) is 51.3.